The number of hydrogen-bond acceptors (Lipinski definition) is 0. The van der Waals surface area contributed by atoms with Crippen molar-refractivity contribution in [2.24, 2.45) is 0 Å². The molecule has 0 unspecified atom stereocenters. The molecule has 0 fully saturated rings. The molecule has 0 radical (unpaired) electrons. The first-order chi connectivity index (χ1) is 18.3. The molecule has 0 heterocycles. The molecule has 7 rings (SSSR count). The van der Waals surface area contributed by atoms with Crippen molar-refractivity contribution in [1.82, 2.24) is 0 Å². The lowest BCUT2D eigenvalue weighted by Gasteiger charge is -2.13. The van der Waals surface area contributed by atoms with E-state index < -0.39 is 0 Å². The lowest BCUT2D eigenvalue weighted by molar-refractivity contribution is 1.26. The average Bonchev–Trinajstić information content (AvgIpc) is 3.35. The van der Waals surface area contributed by atoms with E-state index in [-0.39, 0.29) is 0 Å². The Morgan fingerprint density at radius 3 is 1.03 bits per heavy atom. The monoisotopic (exact) mass is 470 g/mol. The Labute approximate surface area is 218 Å². The fraction of sp³-hybridized carbons (Fsp3) is 0.0270. The molecule has 0 atom stereocenters. The molecule has 0 aromatic heterocycles. The SMILES string of the molecule is c1ccc(-c2ccccc2-c2ccc3c(c2)-c2cc(-c4ccccc4-c4ccccc4)ccc2C3)cc1. The van der Waals surface area contributed by atoms with Gasteiger partial charge in [0.2, 0.25) is 0 Å². The van der Waals surface area contributed by atoms with Crippen LogP contribution in [0.25, 0.3) is 55.6 Å². The van der Waals surface area contributed by atoms with E-state index in [0.29, 0.717) is 0 Å². The minimum atomic E-state index is 0.992. The highest BCUT2D eigenvalue weighted by atomic mass is 14.2. The molecule has 0 aliphatic heterocycles. The van der Waals surface area contributed by atoms with Crippen LogP contribution in [0.5, 0.6) is 0 Å². The minimum Gasteiger partial charge on any atom is -0.0622 e. The zero-order valence-electron chi connectivity index (χ0n) is 20.6. The van der Waals surface area contributed by atoms with Gasteiger partial charge in [0.25, 0.3) is 0 Å². The molecule has 174 valence electrons. The van der Waals surface area contributed by atoms with Crippen molar-refractivity contribution in [3.05, 3.63) is 157 Å². The van der Waals surface area contributed by atoms with E-state index in [0.717, 1.165) is 6.42 Å². The number of fused-ring (bicyclic) bond motifs is 3. The highest BCUT2D eigenvalue weighted by molar-refractivity contribution is 5.90. The molecule has 6 aromatic carbocycles. The van der Waals surface area contributed by atoms with E-state index >= 15 is 0 Å². The molecule has 0 spiro atoms. The Hall–Kier alpha value is -4.68. The maximum absolute atomic E-state index is 2.40. The minimum absolute atomic E-state index is 0.992. The fourth-order valence-electron chi connectivity index (χ4n) is 5.71. The predicted octanol–water partition coefficient (Wildman–Crippen LogP) is 9.93. The van der Waals surface area contributed by atoms with Crippen LogP contribution in [0.15, 0.2) is 146 Å². The summed E-state index contributed by atoms with van der Waals surface area (Å²) in [6.07, 6.45) is 0.992. The summed E-state index contributed by atoms with van der Waals surface area (Å²) < 4.78 is 0. The van der Waals surface area contributed by atoms with Gasteiger partial charge in [-0.1, -0.05) is 133 Å². The molecule has 0 heteroatoms. The van der Waals surface area contributed by atoms with Gasteiger partial charge in [0.15, 0.2) is 0 Å². The molecule has 0 bridgehead atoms. The predicted molar refractivity (Wildman–Crippen MR) is 156 cm³/mol. The normalized spacial score (nSPS) is 11.7. The maximum atomic E-state index is 2.40. The number of hydrogen-bond donors (Lipinski definition) is 0. The van der Waals surface area contributed by atoms with Gasteiger partial charge in [0, 0.05) is 0 Å². The van der Waals surface area contributed by atoms with Crippen molar-refractivity contribution < 1.29 is 0 Å². The molecule has 1 aliphatic rings. The topological polar surface area (TPSA) is 0 Å². The van der Waals surface area contributed by atoms with Crippen LogP contribution in [0, 0.1) is 0 Å². The summed E-state index contributed by atoms with van der Waals surface area (Å²) >= 11 is 0. The van der Waals surface area contributed by atoms with E-state index in [4.69, 9.17) is 0 Å². The second kappa shape index (κ2) is 9.08. The van der Waals surface area contributed by atoms with Crippen LogP contribution < -0.4 is 0 Å². The molecule has 0 saturated heterocycles. The van der Waals surface area contributed by atoms with Crippen LogP contribution in [-0.2, 0) is 6.42 Å². The van der Waals surface area contributed by atoms with Crippen LogP contribution in [0.4, 0.5) is 0 Å². The smallest absolute Gasteiger partial charge is 0.00134 e. The number of benzene rings is 6. The van der Waals surface area contributed by atoms with Crippen LogP contribution in [0.1, 0.15) is 11.1 Å². The summed E-state index contributed by atoms with van der Waals surface area (Å²) in [5.41, 5.74) is 15.6. The van der Waals surface area contributed by atoms with E-state index in [9.17, 15) is 0 Å². The molecular weight excluding hydrogens is 444 g/mol. The van der Waals surface area contributed by atoms with Crippen molar-refractivity contribution in [2.45, 2.75) is 6.42 Å². The Balaban J connectivity index is 1.34. The first kappa shape index (κ1) is 21.6. The van der Waals surface area contributed by atoms with Gasteiger partial charge in [-0.25, -0.2) is 0 Å². The summed E-state index contributed by atoms with van der Waals surface area (Å²) in [7, 11) is 0. The zero-order chi connectivity index (χ0) is 24.6. The first-order valence-electron chi connectivity index (χ1n) is 12.9. The number of rotatable bonds is 4. The first-order valence-corrected chi connectivity index (χ1v) is 12.9. The second-order valence-electron chi connectivity index (χ2n) is 9.74. The molecule has 37 heavy (non-hydrogen) atoms. The molecule has 1 aliphatic carbocycles. The van der Waals surface area contributed by atoms with Gasteiger partial charge in [-0.15, -0.1) is 0 Å². The Bertz CT molecular complexity index is 1600. The highest BCUT2D eigenvalue weighted by Gasteiger charge is 2.21. The van der Waals surface area contributed by atoms with Gasteiger partial charge in [0.1, 0.15) is 0 Å². The van der Waals surface area contributed by atoms with Crippen molar-refractivity contribution >= 4 is 0 Å². The fourth-order valence-corrected chi connectivity index (χ4v) is 5.71. The molecule has 0 nitrogen and oxygen atoms in total. The van der Waals surface area contributed by atoms with E-state index in [1.807, 2.05) is 0 Å². The molecule has 0 amide bonds. The third-order valence-corrected chi connectivity index (χ3v) is 7.54. The standard InChI is InChI=1S/C37H26/c1-3-11-26(12-4-1)32-15-7-9-17-34(32)30-21-19-28-23-29-20-22-31(25-37(29)36(28)24-30)35-18-10-8-16-33(35)27-13-5-2-6-14-27/h1-22,24-25H,23H2. The largest absolute Gasteiger partial charge is 0.0622 e. The lowest BCUT2D eigenvalue weighted by Crippen LogP contribution is -1.88. The van der Waals surface area contributed by atoms with Crippen molar-refractivity contribution in [2.75, 3.05) is 0 Å². The average molecular weight is 471 g/mol. The second-order valence-corrected chi connectivity index (χ2v) is 9.74. The Kier molecular flexibility index (Phi) is 5.30. The summed E-state index contributed by atoms with van der Waals surface area (Å²) in [5.74, 6) is 0. The Morgan fingerprint density at radius 1 is 0.270 bits per heavy atom. The van der Waals surface area contributed by atoms with Crippen LogP contribution in [-0.4, -0.2) is 0 Å². The quantitative estimate of drug-likeness (QED) is 0.240. The van der Waals surface area contributed by atoms with Gasteiger partial charge in [0.05, 0.1) is 0 Å². The van der Waals surface area contributed by atoms with Gasteiger partial charge in [-0.2, -0.15) is 0 Å². The van der Waals surface area contributed by atoms with Crippen LogP contribution in [0.3, 0.4) is 0 Å². The van der Waals surface area contributed by atoms with Crippen molar-refractivity contribution in [3.63, 3.8) is 0 Å². The van der Waals surface area contributed by atoms with Gasteiger partial charge in [-0.05, 0) is 85.3 Å². The molecule has 0 saturated carbocycles. The molecular formula is C37H26. The third kappa shape index (κ3) is 3.88. The van der Waals surface area contributed by atoms with Crippen molar-refractivity contribution in [3.8, 4) is 55.6 Å². The van der Waals surface area contributed by atoms with Crippen molar-refractivity contribution in [1.29, 1.82) is 0 Å². The van der Waals surface area contributed by atoms with Crippen LogP contribution in [0.2, 0.25) is 0 Å². The Morgan fingerprint density at radius 2 is 0.622 bits per heavy atom. The van der Waals surface area contributed by atoms with E-state index in [1.54, 1.807) is 0 Å². The van der Waals surface area contributed by atoms with E-state index in [2.05, 4.69) is 146 Å². The summed E-state index contributed by atoms with van der Waals surface area (Å²) in [6, 6.07) is 52.9. The zero-order valence-corrected chi connectivity index (χ0v) is 20.6. The van der Waals surface area contributed by atoms with Gasteiger partial charge < -0.3 is 0 Å². The van der Waals surface area contributed by atoms with Crippen LogP contribution >= 0.6 is 0 Å². The summed E-state index contributed by atoms with van der Waals surface area (Å²) in [5, 5.41) is 0. The van der Waals surface area contributed by atoms with E-state index in [1.165, 1.54) is 66.8 Å². The van der Waals surface area contributed by atoms with Gasteiger partial charge in [-0.3, -0.25) is 0 Å². The molecule has 0 N–H and O–H groups in total. The van der Waals surface area contributed by atoms with Gasteiger partial charge >= 0.3 is 0 Å². The summed E-state index contributed by atoms with van der Waals surface area (Å²) in [6.45, 7) is 0. The maximum Gasteiger partial charge on any atom is -0.00134 e. The summed E-state index contributed by atoms with van der Waals surface area (Å²) in [4.78, 5) is 0. The highest BCUT2D eigenvalue weighted by Crippen LogP contribution is 2.43. The third-order valence-electron chi connectivity index (χ3n) is 7.54. The lowest BCUT2D eigenvalue weighted by atomic mass is 9.91. The molecule has 6 aromatic rings.